The average Bonchev–Trinajstić information content (AvgIpc) is 2.97. The van der Waals surface area contributed by atoms with E-state index >= 15 is 0 Å². The number of carbonyl (C=O) groups excluding carboxylic acids is 1. The molecule has 5 nitrogen and oxygen atoms in total. The lowest BCUT2D eigenvalue weighted by molar-refractivity contribution is -0.124. The van der Waals surface area contributed by atoms with E-state index < -0.39 is 16.1 Å². The van der Waals surface area contributed by atoms with E-state index in [4.69, 9.17) is 0 Å². The van der Waals surface area contributed by atoms with Crippen molar-refractivity contribution in [2.45, 2.75) is 71.8 Å². The van der Waals surface area contributed by atoms with E-state index in [1.807, 2.05) is 6.92 Å². The summed E-state index contributed by atoms with van der Waals surface area (Å²) in [5.41, 5.74) is 0. The van der Waals surface area contributed by atoms with E-state index in [0.29, 0.717) is 31.8 Å². The van der Waals surface area contributed by atoms with Gasteiger partial charge in [0.2, 0.25) is 15.9 Å². The van der Waals surface area contributed by atoms with Crippen LogP contribution in [0.25, 0.3) is 0 Å². The number of nitrogens with zero attached hydrogens (tertiary/aromatic N) is 1. The molecule has 0 bridgehead atoms. The van der Waals surface area contributed by atoms with Crippen LogP contribution in [-0.4, -0.2) is 43.5 Å². The van der Waals surface area contributed by atoms with Crippen molar-refractivity contribution in [2.24, 2.45) is 5.92 Å². The Balaban J connectivity index is 2.56. The third-order valence-corrected chi connectivity index (χ3v) is 6.51. The van der Waals surface area contributed by atoms with Gasteiger partial charge in [0, 0.05) is 13.1 Å². The Labute approximate surface area is 135 Å². The fraction of sp³-hybridized carbons (Fsp3) is 0.938. The van der Waals surface area contributed by atoms with Crippen molar-refractivity contribution in [1.29, 1.82) is 0 Å². The zero-order chi connectivity index (χ0) is 16.6. The second-order valence-electron chi connectivity index (χ2n) is 6.25. The summed E-state index contributed by atoms with van der Waals surface area (Å²) in [5, 5.41) is 2.98. The normalized spacial score (nSPS) is 21.0. The van der Waals surface area contributed by atoms with E-state index in [9.17, 15) is 13.2 Å². The van der Waals surface area contributed by atoms with Crippen molar-refractivity contribution in [1.82, 2.24) is 9.62 Å². The minimum atomic E-state index is -3.29. The monoisotopic (exact) mass is 332 g/mol. The van der Waals surface area contributed by atoms with Crippen LogP contribution in [-0.2, 0) is 14.8 Å². The highest BCUT2D eigenvalue weighted by Crippen LogP contribution is 2.22. The van der Waals surface area contributed by atoms with E-state index in [0.717, 1.165) is 25.7 Å². The van der Waals surface area contributed by atoms with Gasteiger partial charge in [-0.3, -0.25) is 4.79 Å². The maximum absolute atomic E-state index is 12.4. The molecular weight excluding hydrogens is 300 g/mol. The van der Waals surface area contributed by atoms with Crippen molar-refractivity contribution < 1.29 is 13.2 Å². The largest absolute Gasteiger partial charge is 0.354 e. The molecule has 1 N–H and O–H groups in total. The van der Waals surface area contributed by atoms with Crippen molar-refractivity contribution >= 4 is 15.9 Å². The summed E-state index contributed by atoms with van der Waals surface area (Å²) in [6, 6.07) is -0.500. The molecule has 1 aliphatic heterocycles. The maximum atomic E-state index is 12.4. The van der Waals surface area contributed by atoms with Crippen LogP contribution in [0.2, 0.25) is 0 Å². The van der Waals surface area contributed by atoms with Crippen molar-refractivity contribution in [2.75, 3.05) is 18.8 Å². The molecule has 0 aromatic carbocycles. The second kappa shape index (κ2) is 9.50. The van der Waals surface area contributed by atoms with Crippen LogP contribution in [0, 0.1) is 5.92 Å². The van der Waals surface area contributed by atoms with E-state index in [1.54, 1.807) is 0 Å². The third-order valence-electron chi connectivity index (χ3n) is 4.43. The number of rotatable bonds is 10. The molecule has 1 rings (SSSR count). The van der Waals surface area contributed by atoms with Gasteiger partial charge in [0.1, 0.15) is 6.04 Å². The Hall–Kier alpha value is -0.620. The van der Waals surface area contributed by atoms with Crippen LogP contribution >= 0.6 is 0 Å². The highest BCUT2D eigenvalue weighted by atomic mass is 32.2. The molecule has 1 fully saturated rings. The van der Waals surface area contributed by atoms with E-state index in [2.05, 4.69) is 19.2 Å². The predicted octanol–water partition coefficient (Wildman–Crippen LogP) is 2.52. The third kappa shape index (κ3) is 5.54. The molecule has 0 saturated carbocycles. The lowest BCUT2D eigenvalue weighted by Crippen LogP contribution is -2.47. The van der Waals surface area contributed by atoms with Crippen LogP contribution in [0.5, 0.6) is 0 Å². The molecular formula is C16H32N2O3S. The molecule has 6 heteroatoms. The summed E-state index contributed by atoms with van der Waals surface area (Å²) < 4.78 is 25.9. The quantitative estimate of drug-likeness (QED) is 0.668. The first-order valence-corrected chi connectivity index (χ1v) is 10.3. The zero-order valence-electron chi connectivity index (χ0n) is 14.3. The lowest BCUT2D eigenvalue weighted by atomic mass is 9.99. The number of hydrogen-bond donors (Lipinski definition) is 1. The van der Waals surface area contributed by atoms with Crippen LogP contribution in [0.15, 0.2) is 0 Å². The molecule has 0 aromatic heterocycles. The fourth-order valence-electron chi connectivity index (χ4n) is 3.02. The van der Waals surface area contributed by atoms with Gasteiger partial charge in [0.25, 0.3) is 0 Å². The predicted molar refractivity (Wildman–Crippen MR) is 90.1 cm³/mol. The minimum Gasteiger partial charge on any atom is -0.354 e. The fourth-order valence-corrected chi connectivity index (χ4v) is 4.76. The summed E-state index contributed by atoms with van der Waals surface area (Å²) in [6.45, 7) is 7.30. The van der Waals surface area contributed by atoms with Gasteiger partial charge >= 0.3 is 0 Å². The first-order valence-electron chi connectivity index (χ1n) is 8.73. The Morgan fingerprint density at radius 3 is 2.59 bits per heavy atom. The SMILES string of the molecule is CCCCC(CC)CNC(=O)C1CCCN1S(=O)(=O)CCC. The molecule has 1 saturated heterocycles. The second-order valence-corrected chi connectivity index (χ2v) is 8.29. The van der Waals surface area contributed by atoms with Gasteiger partial charge in [0.15, 0.2) is 0 Å². The first kappa shape index (κ1) is 19.4. The molecule has 1 amide bonds. The molecule has 2 unspecified atom stereocenters. The molecule has 130 valence electrons. The number of amides is 1. The zero-order valence-corrected chi connectivity index (χ0v) is 15.1. The summed E-state index contributed by atoms with van der Waals surface area (Å²) >= 11 is 0. The Kier molecular flexibility index (Phi) is 8.39. The van der Waals surface area contributed by atoms with Crippen LogP contribution in [0.1, 0.15) is 65.7 Å². The van der Waals surface area contributed by atoms with Crippen LogP contribution < -0.4 is 5.32 Å². The van der Waals surface area contributed by atoms with Gasteiger partial charge in [-0.05, 0) is 31.6 Å². The van der Waals surface area contributed by atoms with Crippen molar-refractivity contribution in [3.8, 4) is 0 Å². The summed E-state index contributed by atoms with van der Waals surface area (Å²) in [4.78, 5) is 12.4. The van der Waals surface area contributed by atoms with Gasteiger partial charge in [-0.15, -0.1) is 0 Å². The molecule has 1 aliphatic rings. The molecule has 0 aliphatic carbocycles. The van der Waals surface area contributed by atoms with Crippen molar-refractivity contribution in [3.05, 3.63) is 0 Å². The smallest absolute Gasteiger partial charge is 0.238 e. The highest BCUT2D eigenvalue weighted by molar-refractivity contribution is 7.89. The minimum absolute atomic E-state index is 0.118. The van der Waals surface area contributed by atoms with E-state index in [1.165, 1.54) is 10.7 Å². The topological polar surface area (TPSA) is 66.5 Å². The number of unbranched alkanes of at least 4 members (excludes halogenated alkanes) is 1. The molecule has 0 spiro atoms. The molecule has 22 heavy (non-hydrogen) atoms. The van der Waals surface area contributed by atoms with Gasteiger partial charge in [0.05, 0.1) is 5.75 Å². The number of sulfonamides is 1. The van der Waals surface area contributed by atoms with Crippen LogP contribution in [0.3, 0.4) is 0 Å². The summed E-state index contributed by atoms with van der Waals surface area (Å²) in [6.07, 6.45) is 6.50. The summed E-state index contributed by atoms with van der Waals surface area (Å²) in [7, 11) is -3.29. The molecule has 0 aromatic rings. The molecule has 2 atom stereocenters. The summed E-state index contributed by atoms with van der Waals surface area (Å²) in [5.74, 6) is 0.503. The Bertz CT molecular complexity index is 437. The van der Waals surface area contributed by atoms with Gasteiger partial charge in [-0.2, -0.15) is 4.31 Å². The van der Waals surface area contributed by atoms with Crippen molar-refractivity contribution in [3.63, 3.8) is 0 Å². The average molecular weight is 333 g/mol. The Morgan fingerprint density at radius 1 is 1.27 bits per heavy atom. The van der Waals surface area contributed by atoms with Gasteiger partial charge in [-0.1, -0.05) is 40.0 Å². The highest BCUT2D eigenvalue weighted by Gasteiger charge is 2.37. The van der Waals surface area contributed by atoms with Gasteiger partial charge < -0.3 is 5.32 Å². The first-order chi connectivity index (χ1) is 10.5. The lowest BCUT2D eigenvalue weighted by Gasteiger charge is -2.24. The molecule has 1 heterocycles. The number of nitrogens with one attached hydrogen (secondary N) is 1. The van der Waals surface area contributed by atoms with Crippen LogP contribution in [0.4, 0.5) is 0 Å². The number of hydrogen-bond acceptors (Lipinski definition) is 3. The molecule has 0 radical (unpaired) electrons. The van der Waals surface area contributed by atoms with E-state index in [-0.39, 0.29) is 11.7 Å². The number of carbonyl (C=O) groups is 1. The Morgan fingerprint density at radius 2 is 2.00 bits per heavy atom. The van der Waals surface area contributed by atoms with Gasteiger partial charge in [-0.25, -0.2) is 8.42 Å². The standard InChI is InChI=1S/C16H32N2O3S/c1-4-7-9-14(6-3)13-17-16(19)15-10-8-11-18(15)22(20,21)12-5-2/h14-15H,4-13H2,1-3H3,(H,17,19). The maximum Gasteiger partial charge on any atom is 0.238 e.